The van der Waals surface area contributed by atoms with Gasteiger partial charge in [0.25, 0.3) is 0 Å². The zero-order valence-electron chi connectivity index (χ0n) is 34.6. The lowest BCUT2D eigenvalue weighted by molar-refractivity contribution is -0.322. The molecule has 6 aliphatic rings. The number of aliphatic hydroxyl groups is 10. The Labute approximate surface area is 331 Å². The van der Waals surface area contributed by atoms with Crippen LogP contribution in [0.15, 0.2) is 11.6 Å². The van der Waals surface area contributed by atoms with Gasteiger partial charge < -0.3 is 70.0 Å². The summed E-state index contributed by atoms with van der Waals surface area (Å²) in [4.78, 5) is 0. The molecule has 2 heterocycles. The van der Waals surface area contributed by atoms with E-state index < -0.39 is 103 Å². The molecule has 0 bridgehead atoms. The maximum atomic E-state index is 12.5. The number of allylic oxidation sites excluding steroid dienone is 1. The van der Waals surface area contributed by atoms with Crippen LogP contribution in [0.4, 0.5) is 0 Å². The lowest BCUT2D eigenvalue weighted by Crippen LogP contribution is -2.65. The molecule has 0 aromatic rings. The van der Waals surface area contributed by atoms with E-state index in [0.717, 1.165) is 25.7 Å². The Morgan fingerprint density at radius 1 is 0.768 bits per heavy atom. The molecule has 6 rings (SSSR count). The van der Waals surface area contributed by atoms with E-state index in [-0.39, 0.29) is 40.6 Å². The van der Waals surface area contributed by atoms with Crippen molar-refractivity contribution in [3.05, 3.63) is 11.6 Å². The van der Waals surface area contributed by atoms with Crippen molar-refractivity contribution in [2.24, 2.45) is 45.3 Å². The Kier molecular flexibility index (Phi) is 12.7. The fourth-order valence-corrected chi connectivity index (χ4v) is 12.8. The molecule has 20 atom stereocenters. The van der Waals surface area contributed by atoms with Crippen molar-refractivity contribution in [1.82, 2.24) is 0 Å². The lowest BCUT2D eigenvalue weighted by Gasteiger charge is -2.67. The molecule has 5 fully saturated rings. The van der Waals surface area contributed by atoms with Gasteiger partial charge in [0.1, 0.15) is 48.8 Å². The largest absolute Gasteiger partial charge is 0.394 e. The molecule has 4 aliphatic carbocycles. The fraction of sp³-hybridized carbons (Fsp3) is 0.952. The monoisotopic (exact) mass is 800 g/mol. The van der Waals surface area contributed by atoms with E-state index >= 15 is 0 Å². The van der Waals surface area contributed by atoms with Crippen LogP contribution >= 0.6 is 0 Å². The lowest BCUT2D eigenvalue weighted by atomic mass is 9.38. The predicted molar refractivity (Wildman–Crippen MR) is 202 cm³/mol. The van der Waals surface area contributed by atoms with Gasteiger partial charge in [-0.2, -0.15) is 0 Å². The summed E-state index contributed by atoms with van der Waals surface area (Å²) in [6, 6.07) is 0. The van der Waals surface area contributed by atoms with E-state index in [1.54, 1.807) is 13.8 Å². The molecule has 0 amide bonds. The van der Waals surface area contributed by atoms with E-state index in [2.05, 4.69) is 47.6 Å². The fourth-order valence-electron chi connectivity index (χ4n) is 12.8. The number of fused-ring (bicyclic) bond motifs is 5. The smallest absolute Gasteiger partial charge is 0.187 e. The third-order valence-corrected chi connectivity index (χ3v) is 16.6. The highest BCUT2D eigenvalue weighted by atomic mass is 16.7. The molecular weight excluding hydrogens is 728 g/mol. The van der Waals surface area contributed by atoms with Gasteiger partial charge in [0.15, 0.2) is 12.6 Å². The molecule has 0 radical (unpaired) electrons. The van der Waals surface area contributed by atoms with Crippen LogP contribution in [0.2, 0.25) is 0 Å². The Hall–Kier alpha value is -0.820. The first-order chi connectivity index (χ1) is 26.0. The molecule has 0 aromatic heterocycles. The summed E-state index contributed by atoms with van der Waals surface area (Å²) in [5, 5.41) is 106. The summed E-state index contributed by atoms with van der Waals surface area (Å²) in [6.07, 6.45) is -7.19. The number of ether oxygens (including phenoxy) is 4. The standard InChI is InChI=1S/C42H72O14/c1-20(9-13-29(39(4,5)52)56-37-35(51)33(49)31(47)25(19-44)54-37)21-15-16-40(6)26-12-10-22-23(42(26,8)27(45)17-41(21,40)7)11-14-28(38(22,2)3)55-36-34(50)32(48)30(46)24(18-43)53-36/h10,20-21,23-37,43-52H,9,11-19H2,1-8H3/t20-,21-,23-,24-,25-,26+,27-,28+,29-,30-,31-,32+,33+,34-,35-,36+,37+,40+,41-,42+/m0/s1. The van der Waals surface area contributed by atoms with Gasteiger partial charge in [0.2, 0.25) is 0 Å². The molecule has 0 unspecified atom stereocenters. The highest BCUT2D eigenvalue weighted by molar-refractivity contribution is 5.32. The second kappa shape index (κ2) is 15.9. The molecule has 0 spiro atoms. The van der Waals surface area contributed by atoms with Gasteiger partial charge >= 0.3 is 0 Å². The SMILES string of the molecule is C[C@@H](CC[C@H](O[C@H]1O[C@@H](CO)[C@H](O)[C@@H](O)[C@@H]1O)C(C)(C)O)[C@@H]1CC[C@]2(C)[C@H]3CC=C4[C@H](CC[C@@H](O[C@H]5O[C@@H](CO)[C@H](O)[C@@H](O)[C@@H]5O)C4(C)C)[C@@]3(C)[C@@H](O)C[C@@]12C. The zero-order valence-corrected chi connectivity index (χ0v) is 34.6. The summed E-state index contributed by atoms with van der Waals surface area (Å²) in [5.74, 6) is 0.800. The van der Waals surface area contributed by atoms with Gasteiger partial charge in [-0.1, -0.05) is 53.2 Å². The zero-order chi connectivity index (χ0) is 41.5. The van der Waals surface area contributed by atoms with Crippen LogP contribution in [-0.2, 0) is 18.9 Å². The quantitative estimate of drug-likeness (QED) is 0.132. The molecule has 10 N–H and O–H groups in total. The van der Waals surface area contributed by atoms with Crippen LogP contribution in [-0.4, -0.2) is 150 Å². The highest BCUT2D eigenvalue weighted by Gasteiger charge is 2.70. The van der Waals surface area contributed by atoms with Gasteiger partial charge in [0.05, 0.1) is 37.1 Å². The minimum atomic E-state index is -1.58. The average Bonchev–Trinajstić information content (AvgIpc) is 3.40. The molecule has 14 nitrogen and oxygen atoms in total. The Balaban J connectivity index is 1.17. The molecule has 324 valence electrons. The second-order valence-electron chi connectivity index (χ2n) is 20.2. The molecule has 56 heavy (non-hydrogen) atoms. The van der Waals surface area contributed by atoms with E-state index in [0.29, 0.717) is 25.7 Å². The topological polar surface area (TPSA) is 239 Å². The van der Waals surface area contributed by atoms with Crippen molar-refractivity contribution in [1.29, 1.82) is 0 Å². The van der Waals surface area contributed by atoms with Crippen LogP contribution in [0, 0.1) is 45.3 Å². The van der Waals surface area contributed by atoms with E-state index in [4.69, 9.17) is 18.9 Å². The van der Waals surface area contributed by atoms with Crippen molar-refractivity contribution >= 4 is 0 Å². The van der Waals surface area contributed by atoms with Crippen molar-refractivity contribution < 1.29 is 70.0 Å². The van der Waals surface area contributed by atoms with Crippen molar-refractivity contribution in [3.63, 3.8) is 0 Å². The Bertz CT molecular complexity index is 1400. The molecule has 14 heteroatoms. The normalized spacial score (nSPS) is 50.3. The Morgan fingerprint density at radius 2 is 1.34 bits per heavy atom. The predicted octanol–water partition coefficient (Wildman–Crippen LogP) is 1.12. The molecule has 0 aromatic carbocycles. The summed E-state index contributed by atoms with van der Waals surface area (Å²) in [5.41, 5.74) is -1.23. The maximum absolute atomic E-state index is 12.5. The van der Waals surface area contributed by atoms with Crippen LogP contribution in [0.3, 0.4) is 0 Å². The molecule has 2 saturated heterocycles. The highest BCUT2D eigenvalue weighted by Crippen LogP contribution is 2.75. The summed E-state index contributed by atoms with van der Waals surface area (Å²) in [6.45, 7) is 15.7. The molecule has 3 saturated carbocycles. The first kappa shape index (κ1) is 44.7. The summed E-state index contributed by atoms with van der Waals surface area (Å²) in [7, 11) is 0. The number of hydrogen-bond acceptors (Lipinski definition) is 14. The van der Waals surface area contributed by atoms with Crippen LogP contribution in [0.25, 0.3) is 0 Å². The summed E-state index contributed by atoms with van der Waals surface area (Å²) >= 11 is 0. The van der Waals surface area contributed by atoms with E-state index in [1.807, 2.05) is 0 Å². The maximum Gasteiger partial charge on any atom is 0.187 e. The van der Waals surface area contributed by atoms with Gasteiger partial charge in [-0.15, -0.1) is 0 Å². The number of aliphatic hydroxyl groups excluding tert-OH is 9. The molecule has 2 aliphatic heterocycles. The number of rotatable bonds is 11. The van der Waals surface area contributed by atoms with Crippen molar-refractivity contribution in [2.45, 2.75) is 192 Å². The molecular formula is C42H72O14. The van der Waals surface area contributed by atoms with Crippen molar-refractivity contribution in [2.75, 3.05) is 13.2 Å². The first-order valence-corrected chi connectivity index (χ1v) is 21.0. The van der Waals surface area contributed by atoms with Crippen molar-refractivity contribution in [3.8, 4) is 0 Å². The van der Waals surface area contributed by atoms with Crippen LogP contribution in [0.1, 0.15) is 107 Å². The van der Waals surface area contributed by atoms with E-state index in [9.17, 15) is 51.1 Å². The van der Waals surface area contributed by atoms with Crippen LogP contribution < -0.4 is 0 Å². The minimum absolute atomic E-state index is 0.0712. The van der Waals surface area contributed by atoms with Gasteiger partial charge in [0, 0.05) is 10.8 Å². The summed E-state index contributed by atoms with van der Waals surface area (Å²) < 4.78 is 23.9. The van der Waals surface area contributed by atoms with Gasteiger partial charge in [-0.3, -0.25) is 0 Å². The first-order valence-electron chi connectivity index (χ1n) is 21.0. The average molecular weight is 801 g/mol. The van der Waals surface area contributed by atoms with Gasteiger partial charge in [-0.25, -0.2) is 0 Å². The van der Waals surface area contributed by atoms with Crippen LogP contribution in [0.5, 0.6) is 0 Å². The Morgan fingerprint density at radius 3 is 1.91 bits per heavy atom. The number of hydrogen-bond donors (Lipinski definition) is 10. The van der Waals surface area contributed by atoms with E-state index in [1.165, 1.54) is 5.57 Å². The second-order valence-corrected chi connectivity index (χ2v) is 20.2. The third kappa shape index (κ3) is 7.16. The van der Waals surface area contributed by atoms with Gasteiger partial charge in [-0.05, 0) is 99.7 Å². The third-order valence-electron chi connectivity index (χ3n) is 16.6. The minimum Gasteiger partial charge on any atom is -0.394 e.